The Morgan fingerprint density at radius 3 is 3.06 bits per heavy atom. The van der Waals surface area contributed by atoms with Gasteiger partial charge in [-0.25, -0.2) is 0 Å². The second-order valence-electron chi connectivity index (χ2n) is 5.50. The molecule has 1 N–H and O–H groups in total. The molecular weight excluding hydrogens is 218 g/mol. The molecule has 6 heteroatoms. The number of H-pyrrole nitrogens is 1. The molecule has 2 heterocycles. The third-order valence-corrected chi connectivity index (χ3v) is 3.91. The van der Waals surface area contributed by atoms with Crippen LogP contribution in [0.3, 0.4) is 0 Å². The van der Waals surface area contributed by atoms with Crippen LogP contribution in [0.15, 0.2) is 0 Å². The van der Waals surface area contributed by atoms with Gasteiger partial charge in [-0.3, -0.25) is 4.79 Å². The number of aromatic nitrogens is 4. The molecule has 1 saturated heterocycles. The molecule has 17 heavy (non-hydrogen) atoms. The van der Waals surface area contributed by atoms with Gasteiger partial charge >= 0.3 is 0 Å². The minimum atomic E-state index is 0.0311. The highest BCUT2D eigenvalue weighted by molar-refractivity contribution is 5.78. The number of amides is 1. The van der Waals surface area contributed by atoms with Crippen LogP contribution in [0.5, 0.6) is 0 Å². The summed E-state index contributed by atoms with van der Waals surface area (Å²) in [6.07, 6.45) is 5.00. The monoisotopic (exact) mass is 235 g/mol. The molecule has 2 aliphatic rings. The molecule has 1 aliphatic carbocycles. The first-order valence-corrected chi connectivity index (χ1v) is 6.21. The van der Waals surface area contributed by atoms with E-state index in [9.17, 15) is 4.79 Å². The van der Waals surface area contributed by atoms with Crippen molar-refractivity contribution < 1.29 is 4.79 Å². The van der Waals surface area contributed by atoms with E-state index >= 15 is 0 Å². The zero-order chi connectivity index (χ0) is 11.9. The summed E-state index contributed by atoms with van der Waals surface area (Å²) >= 11 is 0. The zero-order valence-electron chi connectivity index (χ0n) is 10.0. The number of tetrazole rings is 1. The molecule has 1 saturated carbocycles. The van der Waals surface area contributed by atoms with Crippen molar-refractivity contribution in [2.45, 2.75) is 45.1 Å². The fraction of sp³-hybridized carbons (Fsp3) is 0.818. The van der Waals surface area contributed by atoms with Crippen LogP contribution in [-0.2, 0) is 4.79 Å². The highest BCUT2D eigenvalue weighted by atomic mass is 16.2. The van der Waals surface area contributed by atoms with Gasteiger partial charge in [-0.2, -0.15) is 5.21 Å². The molecule has 1 atom stereocenters. The Morgan fingerprint density at radius 2 is 2.41 bits per heavy atom. The molecule has 1 aromatic heterocycles. The second kappa shape index (κ2) is 3.78. The van der Waals surface area contributed by atoms with E-state index in [1.165, 1.54) is 12.8 Å². The van der Waals surface area contributed by atoms with E-state index < -0.39 is 0 Å². The highest BCUT2D eigenvalue weighted by Crippen LogP contribution is 2.49. The highest BCUT2D eigenvalue weighted by Gasteiger charge is 2.42. The summed E-state index contributed by atoms with van der Waals surface area (Å²) in [4.78, 5) is 14.2. The normalized spacial score (nSPS) is 26.2. The van der Waals surface area contributed by atoms with Gasteiger partial charge in [0.05, 0.1) is 6.04 Å². The Morgan fingerprint density at radius 1 is 1.59 bits per heavy atom. The van der Waals surface area contributed by atoms with Gasteiger partial charge in [0.1, 0.15) is 0 Å². The lowest BCUT2D eigenvalue weighted by Crippen LogP contribution is -2.32. The topological polar surface area (TPSA) is 74.8 Å². The number of carbonyl (C=O) groups excluding carboxylic acids is 1. The fourth-order valence-electron chi connectivity index (χ4n) is 2.50. The van der Waals surface area contributed by atoms with Crippen LogP contribution in [0.1, 0.15) is 50.9 Å². The smallest absolute Gasteiger partial charge is 0.223 e. The second-order valence-corrected chi connectivity index (χ2v) is 5.50. The lowest BCUT2D eigenvalue weighted by molar-refractivity contribution is -0.133. The van der Waals surface area contributed by atoms with Crippen LogP contribution in [0.4, 0.5) is 0 Å². The number of nitrogens with zero attached hydrogens (tertiary/aromatic N) is 4. The molecule has 0 spiro atoms. The maximum atomic E-state index is 12.2. The first-order chi connectivity index (χ1) is 8.18. The predicted octanol–water partition coefficient (Wildman–Crippen LogP) is 1.05. The van der Waals surface area contributed by atoms with Gasteiger partial charge in [0.15, 0.2) is 5.82 Å². The Balaban J connectivity index is 1.71. The molecule has 1 aromatic rings. The van der Waals surface area contributed by atoms with Gasteiger partial charge < -0.3 is 4.90 Å². The summed E-state index contributed by atoms with van der Waals surface area (Å²) < 4.78 is 0. The van der Waals surface area contributed by atoms with Crippen molar-refractivity contribution in [1.82, 2.24) is 25.5 Å². The van der Waals surface area contributed by atoms with Gasteiger partial charge in [-0.05, 0) is 31.1 Å². The van der Waals surface area contributed by atoms with Gasteiger partial charge in [-0.15, -0.1) is 10.2 Å². The van der Waals surface area contributed by atoms with Crippen LogP contribution in [0.25, 0.3) is 0 Å². The summed E-state index contributed by atoms with van der Waals surface area (Å²) in [7, 11) is 0. The molecule has 0 bridgehead atoms. The van der Waals surface area contributed by atoms with E-state index in [4.69, 9.17) is 0 Å². The minimum absolute atomic E-state index is 0.0311. The van der Waals surface area contributed by atoms with Crippen LogP contribution >= 0.6 is 0 Å². The van der Waals surface area contributed by atoms with Crippen LogP contribution < -0.4 is 0 Å². The van der Waals surface area contributed by atoms with Crippen molar-refractivity contribution in [2.24, 2.45) is 5.41 Å². The quantitative estimate of drug-likeness (QED) is 0.849. The maximum Gasteiger partial charge on any atom is 0.223 e. The Labute approximate surface area is 99.8 Å². The molecule has 0 aromatic carbocycles. The van der Waals surface area contributed by atoms with Gasteiger partial charge in [-0.1, -0.05) is 12.1 Å². The summed E-state index contributed by atoms with van der Waals surface area (Å²) in [6, 6.07) is 0.0311. The SMILES string of the molecule is CC1(CC(=O)N2CCC[C@H]2c2nn[nH]n2)CC1. The van der Waals surface area contributed by atoms with Crippen LogP contribution in [-0.4, -0.2) is 38.0 Å². The summed E-state index contributed by atoms with van der Waals surface area (Å²) in [5, 5.41) is 14.0. The van der Waals surface area contributed by atoms with Crippen molar-refractivity contribution in [1.29, 1.82) is 0 Å². The van der Waals surface area contributed by atoms with Crippen molar-refractivity contribution in [2.75, 3.05) is 6.54 Å². The summed E-state index contributed by atoms with van der Waals surface area (Å²) in [6.45, 7) is 3.01. The molecule has 3 rings (SSSR count). The van der Waals surface area contributed by atoms with Crippen molar-refractivity contribution in [3.8, 4) is 0 Å². The first-order valence-electron chi connectivity index (χ1n) is 6.21. The van der Waals surface area contributed by atoms with E-state index in [0.29, 0.717) is 12.2 Å². The van der Waals surface area contributed by atoms with Gasteiger partial charge in [0, 0.05) is 13.0 Å². The molecule has 6 nitrogen and oxygen atoms in total. The number of likely N-dealkylation sites (tertiary alicyclic amines) is 1. The van der Waals surface area contributed by atoms with E-state index in [-0.39, 0.29) is 17.4 Å². The van der Waals surface area contributed by atoms with E-state index in [2.05, 4.69) is 27.5 Å². The first kappa shape index (κ1) is 10.7. The van der Waals surface area contributed by atoms with Crippen LogP contribution in [0, 0.1) is 5.41 Å². The van der Waals surface area contributed by atoms with E-state index in [1.54, 1.807) is 0 Å². The lowest BCUT2D eigenvalue weighted by atomic mass is 10.0. The number of rotatable bonds is 3. The van der Waals surface area contributed by atoms with Crippen molar-refractivity contribution in [3.05, 3.63) is 5.82 Å². The molecule has 1 amide bonds. The van der Waals surface area contributed by atoms with E-state index in [0.717, 1.165) is 19.4 Å². The third kappa shape index (κ3) is 2.03. The molecule has 92 valence electrons. The minimum Gasteiger partial charge on any atom is -0.332 e. The third-order valence-electron chi connectivity index (χ3n) is 3.91. The summed E-state index contributed by atoms with van der Waals surface area (Å²) in [5.74, 6) is 0.897. The average molecular weight is 235 g/mol. The molecular formula is C11H17N5O. The Hall–Kier alpha value is -1.46. The number of aromatic amines is 1. The lowest BCUT2D eigenvalue weighted by Gasteiger charge is -2.23. The number of carbonyl (C=O) groups is 1. The van der Waals surface area contributed by atoms with E-state index in [1.807, 2.05) is 4.90 Å². The van der Waals surface area contributed by atoms with Crippen molar-refractivity contribution >= 4 is 5.91 Å². The summed E-state index contributed by atoms with van der Waals surface area (Å²) in [5.41, 5.74) is 0.265. The number of nitrogens with one attached hydrogen (secondary N) is 1. The van der Waals surface area contributed by atoms with Crippen molar-refractivity contribution in [3.63, 3.8) is 0 Å². The average Bonchev–Trinajstić information content (AvgIpc) is 2.83. The number of hydrogen-bond donors (Lipinski definition) is 1. The Kier molecular flexibility index (Phi) is 2.38. The molecule has 2 fully saturated rings. The van der Waals surface area contributed by atoms with Gasteiger partial charge in [0.2, 0.25) is 5.91 Å². The van der Waals surface area contributed by atoms with Crippen LogP contribution in [0.2, 0.25) is 0 Å². The molecule has 0 unspecified atom stereocenters. The standard InChI is InChI=1S/C11H17N5O/c1-11(4-5-11)7-9(17)16-6-2-3-8(16)10-12-14-15-13-10/h8H,2-7H2,1H3,(H,12,13,14,15)/t8-/m0/s1. The Bertz CT molecular complexity index is 412. The van der Waals surface area contributed by atoms with Gasteiger partial charge in [0.25, 0.3) is 0 Å². The largest absolute Gasteiger partial charge is 0.332 e. The zero-order valence-corrected chi connectivity index (χ0v) is 10.0. The fourth-order valence-corrected chi connectivity index (χ4v) is 2.50. The maximum absolute atomic E-state index is 12.2. The number of hydrogen-bond acceptors (Lipinski definition) is 4. The predicted molar refractivity (Wildman–Crippen MR) is 59.8 cm³/mol. The molecule has 1 aliphatic heterocycles. The molecule has 0 radical (unpaired) electrons.